The highest BCUT2D eigenvalue weighted by Crippen LogP contribution is 2.17. The van der Waals surface area contributed by atoms with E-state index in [4.69, 9.17) is 4.42 Å². The number of rotatable bonds is 7. The van der Waals surface area contributed by atoms with E-state index in [1.807, 2.05) is 31.2 Å². The molecule has 0 atom stereocenters. The van der Waals surface area contributed by atoms with E-state index >= 15 is 0 Å². The second kappa shape index (κ2) is 9.53. The maximum atomic E-state index is 11.7. The lowest BCUT2D eigenvalue weighted by Gasteiger charge is -2.08. The Morgan fingerprint density at radius 3 is 2.44 bits per heavy atom. The molecule has 8 heteroatoms. The minimum absolute atomic E-state index is 0.0395. The Morgan fingerprint density at radius 1 is 1.04 bits per heavy atom. The minimum atomic E-state index is -0.395. The smallest absolute Gasteiger partial charge is 0.286 e. The molecule has 25 heavy (non-hydrogen) atoms. The highest BCUT2D eigenvalue weighted by atomic mass is 32.2. The van der Waals surface area contributed by atoms with Crippen LogP contribution in [0.4, 0.5) is 0 Å². The Morgan fingerprint density at radius 2 is 1.76 bits per heavy atom. The molecule has 2 rings (SSSR count). The number of hydrazine groups is 1. The first-order valence-electron chi connectivity index (χ1n) is 7.63. The molecule has 0 saturated carbocycles. The monoisotopic (exact) mass is 361 g/mol. The molecule has 0 aliphatic carbocycles. The maximum Gasteiger partial charge on any atom is 0.286 e. The van der Waals surface area contributed by atoms with Crippen LogP contribution in [0.15, 0.2) is 52.0 Å². The van der Waals surface area contributed by atoms with Gasteiger partial charge < -0.3 is 9.73 Å². The second-order valence-corrected chi connectivity index (χ2v) is 6.23. The van der Waals surface area contributed by atoms with Gasteiger partial charge in [0, 0.05) is 17.9 Å². The molecule has 0 fully saturated rings. The van der Waals surface area contributed by atoms with Crippen molar-refractivity contribution in [1.82, 2.24) is 16.2 Å². The highest BCUT2D eigenvalue weighted by molar-refractivity contribution is 8.00. The highest BCUT2D eigenvalue weighted by Gasteiger charge is 2.09. The third-order valence-electron chi connectivity index (χ3n) is 3.11. The molecular formula is C17H19N3O4S. The van der Waals surface area contributed by atoms with E-state index in [2.05, 4.69) is 16.2 Å². The largest absolute Gasteiger partial charge is 0.459 e. The Hall–Kier alpha value is -2.74. The second-order valence-electron chi connectivity index (χ2n) is 5.18. The van der Waals surface area contributed by atoms with Crippen molar-refractivity contribution in [1.29, 1.82) is 0 Å². The quantitative estimate of drug-likeness (QED) is 0.514. The van der Waals surface area contributed by atoms with Crippen molar-refractivity contribution in [3.63, 3.8) is 0 Å². The summed E-state index contributed by atoms with van der Waals surface area (Å²) < 4.78 is 4.93. The fourth-order valence-corrected chi connectivity index (χ4v) is 2.50. The minimum Gasteiger partial charge on any atom is -0.459 e. The molecule has 3 N–H and O–H groups in total. The molecule has 0 spiro atoms. The lowest BCUT2D eigenvalue weighted by atomic mass is 10.2. The number of furan rings is 1. The van der Waals surface area contributed by atoms with E-state index in [1.165, 1.54) is 24.1 Å². The first-order valence-corrected chi connectivity index (χ1v) is 8.62. The van der Waals surface area contributed by atoms with Crippen LogP contribution in [0.2, 0.25) is 0 Å². The van der Waals surface area contributed by atoms with Crippen LogP contribution in [0.3, 0.4) is 0 Å². The molecule has 0 radical (unpaired) electrons. The lowest BCUT2D eigenvalue weighted by Crippen LogP contribution is -2.43. The summed E-state index contributed by atoms with van der Waals surface area (Å²) in [5.74, 6) is -0.719. The predicted octanol–water partition coefficient (Wildman–Crippen LogP) is 1.65. The maximum absolute atomic E-state index is 11.7. The third kappa shape index (κ3) is 6.72. The van der Waals surface area contributed by atoms with E-state index < -0.39 is 11.8 Å². The number of carbonyl (C=O) groups excluding carboxylic acids is 3. The van der Waals surface area contributed by atoms with Gasteiger partial charge in [-0.3, -0.25) is 25.2 Å². The first-order chi connectivity index (χ1) is 12.0. The van der Waals surface area contributed by atoms with Crippen molar-refractivity contribution in [2.45, 2.75) is 18.2 Å². The molecule has 1 aromatic carbocycles. The summed E-state index contributed by atoms with van der Waals surface area (Å²) in [6, 6.07) is 11.0. The molecule has 1 heterocycles. The van der Waals surface area contributed by atoms with Gasteiger partial charge in [0.05, 0.1) is 12.0 Å². The number of aryl methyl sites for hydroxylation is 1. The number of carbonyl (C=O) groups is 3. The van der Waals surface area contributed by atoms with Crippen LogP contribution in [-0.2, 0) is 9.59 Å². The molecule has 3 amide bonds. The van der Waals surface area contributed by atoms with Crippen LogP contribution in [0.25, 0.3) is 0 Å². The fourth-order valence-electron chi connectivity index (χ4n) is 1.81. The number of hydrogen-bond donors (Lipinski definition) is 3. The molecule has 0 bridgehead atoms. The van der Waals surface area contributed by atoms with E-state index in [-0.39, 0.29) is 30.4 Å². The van der Waals surface area contributed by atoms with Gasteiger partial charge in [0.2, 0.25) is 11.8 Å². The zero-order valence-electron chi connectivity index (χ0n) is 13.7. The number of hydrogen-bond acceptors (Lipinski definition) is 5. The van der Waals surface area contributed by atoms with Gasteiger partial charge in [-0.15, -0.1) is 11.8 Å². The van der Waals surface area contributed by atoms with Crippen molar-refractivity contribution >= 4 is 29.5 Å². The standard InChI is InChI=1S/C17H19N3O4S/c1-12-4-6-13(7-5-12)25-11-16(22)20-19-15(21)8-9-18-17(23)14-3-2-10-24-14/h2-7,10H,8-9,11H2,1H3,(H,18,23)(H,19,21)(H,20,22). The van der Waals surface area contributed by atoms with Crippen LogP contribution in [0.5, 0.6) is 0 Å². The molecule has 0 aliphatic heterocycles. The van der Waals surface area contributed by atoms with Crippen molar-refractivity contribution in [2.75, 3.05) is 12.3 Å². The topological polar surface area (TPSA) is 100 Å². The van der Waals surface area contributed by atoms with Crippen molar-refractivity contribution in [3.8, 4) is 0 Å². The Bertz CT molecular complexity index is 714. The summed E-state index contributed by atoms with van der Waals surface area (Å²) in [6.45, 7) is 2.13. The van der Waals surface area contributed by atoms with Crippen LogP contribution in [-0.4, -0.2) is 30.0 Å². The van der Waals surface area contributed by atoms with Gasteiger partial charge in [-0.1, -0.05) is 17.7 Å². The number of benzene rings is 1. The van der Waals surface area contributed by atoms with Crippen LogP contribution in [0.1, 0.15) is 22.5 Å². The Labute approximate surface area is 149 Å². The van der Waals surface area contributed by atoms with Gasteiger partial charge >= 0.3 is 0 Å². The lowest BCUT2D eigenvalue weighted by molar-refractivity contribution is -0.127. The molecule has 0 saturated heterocycles. The molecule has 132 valence electrons. The van der Waals surface area contributed by atoms with Gasteiger partial charge in [-0.05, 0) is 31.2 Å². The van der Waals surface area contributed by atoms with E-state index in [0.717, 1.165) is 10.5 Å². The summed E-state index contributed by atoms with van der Waals surface area (Å²) in [5, 5.41) is 2.54. The van der Waals surface area contributed by atoms with E-state index in [9.17, 15) is 14.4 Å². The van der Waals surface area contributed by atoms with Crippen molar-refractivity contribution in [2.24, 2.45) is 0 Å². The Kier molecular flexibility index (Phi) is 7.09. The van der Waals surface area contributed by atoms with Gasteiger partial charge in [-0.25, -0.2) is 0 Å². The number of nitrogens with one attached hydrogen (secondary N) is 3. The SMILES string of the molecule is Cc1ccc(SCC(=O)NNC(=O)CCNC(=O)c2ccco2)cc1. The van der Waals surface area contributed by atoms with Crippen molar-refractivity contribution in [3.05, 3.63) is 54.0 Å². The summed E-state index contributed by atoms with van der Waals surface area (Å²) in [6.07, 6.45) is 1.43. The number of amides is 3. The fraction of sp³-hybridized carbons (Fsp3) is 0.235. The average Bonchev–Trinajstić information content (AvgIpc) is 3.14. The zero-order chi connectivity index (χ0) is 18.1. The molecule has 2 aromatic rings. The summed E-state index contributed by atoms with van der Waals surface area (Å²) in [4.78, 5) is 35.9. The van der Waals surface area contributed by atoms with Crippen LogP contribution in [0, 0.1) is 6.92 Å². The van der Waals surface area contributed by atoms with Crippen LogP contribution >= 0.6 is 11.8 Å². The summed E-state index contributed by atoms with van der Waals surface area (Å²) >= 11 is 1.38. The summed E-state index contributed by atoms with van der Waals surface area (Å²) in [5.41, 5.74) is 5.80. The molecule has 0 aliphatic rings. The van der Waals surface area contributed by atoms with Gasteiger partial charge in [0.1, 0.15) is 0 Å². The van der Waals surface area contributed by atoms with E-state index in [1.54, 1.807) is 6.07 Å². The summed E-state index contributed by atoms with van der Waals surface area (Å²) in [7, 11) is 0. The first kappa shape index (κ1) is 18.6. The predicted molar refractivity (Wildman–Crippen MR) is 93.8 cm³/mol. The number of thioether (sulfide) groups is 1. The zero-order valence-corrected chi connectivity index (χ0v) is 14.5. The van der Waals surface area contributed by atoms with Crippen molar-refractivity contribution < 1.29 is 18.8 Å². The van der Waals surface area contributed by atoms with Crippen LogP contribution < -0.4 is 16.2 Å². The normalized spacial score (nSPS) is 10.1. The van der Waals surface area contributed by atoms with Gasteiger partial charge in [-0.2, -0.15) is 0 Å². The van der Waals surface area contributed by atoms with Gasteiger partial charge in [0.25, 0.3) is 5.91 Å². The molecule has 7 nitrogen and oxygen atoms in total. The Balaban J connectivity index is 1.58. The molecule has 0 unspecified atom stereocenters. The average molecular weight is 361 g/mol. The molecule has 1 aromatic heterocycles. The van der Waals surface area contributed by atoms with E-state index in [0.29, 0.717) is 0 Å². The van der Waals surface area contributed by atoms with Gasteiger partial charge in [0.15, 0.2) is 5.76 Å². The third-order valence-corrected chi connectivity index (χ3v) is 4.13. The molecular weight excluding hydrogens is 342 g/mol.